The van der Waals surface area contributed by atoms with Crippen LogP contribution in [0.2, 0.25) is 0 Å². The number of rotatable bonds is 2. The fourth-order valence-corrected chi connectivity index (χ4v) is 3.83. The van der Waals surface area contributed by atoms with Crippen molar-refractivity contribution >= 4 is 21.0 Å². The van der Waals surface area contributed by atoms with Gasteiger partial charge in [-0.2, -0.15) is 0 Å². The molecule has 1 atom stereocenters. The smallest absolute Gasteiger partial charge is 0.177 e. The topological polar surface area (TPSA) is 87.7 Å². The number of imidazole rings is 1. The minimum absolute atomic E-state index is 0.0691. The Morgan fingerprint density at radius 3 is 3.11 bits per heavy atom. The number of sulfone groups is 1. The van der Waals surface area contributed by atoms with E-state index in [4.69, 9.17) is 0 Å². The third kappa shape index (κ3) is 2.76. The summed E-state index contributed by atoms with van der Waals surface area (Å²) in [4.78, 5) is 11.8. The molecule has 0 saturated carbocycles. The van der Waals surface area contributed by atoms with Crippen LogP contribution < -0.4 is 5.32 Å². The third-order valence-corrected chi connectivity index (χ3v) is 5.00. The zero-order valence-electron chi connectivity index (χ0n) is 10.7. The summed E-state index contributed by atoms with van der Waals surface area (Å²) in [7, 11) is -2.91. The molecule has 7 heteroatoms. The second-order valence-corrected chi connectivity index (χ2v) is 7.27. The van der Waals surface area contributed by atoms with Gasteiger partial charge in [-0.25, -0.2) is 18.4 Å². The molecule has 0 bridgehead atoms. The number of aromatic amines is 1. The number of fused-ring (bicyclic) bond motifs is 1. The van der Waals surface area contributed by atoms with Crippen molar-refractivity contribution in [1.29, 1.82) is 0 Å². The average Bonchev–Trinajstić information content (AvgIpc) is 2.68. The van der Waals surface area contributed by atoms with Crippen LogP contribution in [0.4, 0.5) is 0 Å². The molecule has 0 radical (unpaired) electrons. The van der Waals surface area contributed by atoms with Crippen LogP contribution >= 0.6 is 0 Å². The Hall–Kier alpha value is -1.47. The lowest BCUT2D eigenvalue weighted by Crippen LogP contribution is -2.46. The summed E-state index contributed by atoms with van der Waals surface area (Å²) >= 11 is 0. The first kappa shape index (κ1) is 12.6. The summed E-state index contributed by atoms with van der Waals surface area (Å²) in [6.45, 7) is 2.49. The highest BCUT2D eigenvalue weighted by Gasteiger charge is 2.25. The molecule has 3 heterocycles. The van der Waals surface area contributed by atoms with Crippen LogP contribution in [0.25, 0.3) is 11.2 Å². The van der Waals surface area contributed by atoms with Crippen LogP contribution in [0.15, 0.2) is 12.3 Å². The molecule has 1 saturated heterocycles. The fraction of sp³-hybridized carbons (Fsp3) is 0.500. The first-order valence-corrected chi connectivity index (χ1v) is 8.09. The Labute approximate surface area is 111 Å². The highest BCUT2D eigenvalue weighted by atomic mass is 32.2. The molecule has 19 heavy (non-hydrogen) atoms. The van der Waals surface area contributed by atoms with Gasteiger partial charge < -0.3 is 10.3 Å². The quantitative estimate of drug-likeness (QED) is 0.820. The van der Waals surface area contributed by atoms with E-state index >= 15 is 0 Å². The molecule has 1 aliphatic heterocycles. The Kier molecular flexibility index (Phi) is 3.02. The zero-order valence-corrected chi connectivity index (χ0v) is 11.5. The number of hydrogen-bond donors (Lipinski definition) is 2. The van der Waals surface area contributed by atoms with Gasteiger partial charge in [0, 0.05) is 25.2 Å². The number of H-pyrrole nitrogens is 1. The standard InChI is InChI=1S/C12H16N4O2S/c1-8-4-10-12(14-6-8)16-11(15-10)5-9-7-19(17,18)3-2-13-9/h4,6,9,13H,2-3,5,7H2,1H3,(H,14,15,16). The van der Waals surface area contributed by atoms with Crippen molar-refractivity contribution in [3.63, 3.8) is 0 Å². The molecule has 0 amide bonds. The van der Waals surface area contributed by atoms with Crippen LogP contribution in [0.3, 0.4) is 0 Å². The van der Waals surface area contributed by atoms with E-state index in [1.54, 1.807) is 6.20 Å². The van der Waals surface area contributed by atoms with Gasteiger partial charge in [-0.15, -0.1) is 0 Å². The number of nitrogens with zero attached hydrogens (tertiary/aromatic N) is 2. The number of hydrogen-bond acceptors (Lipinski definition) is 5. The SMILES string of the molecule is Cc1cnc2nc(CC3CS(=O)(=O)CCN3)[nH]c2c1. The molecule has 0 aromatic carbocycles. The van der Waals surface area contributed by atoms with Gasteiger partial charge >= 0.3 is 0 Å². The molecule has 102 valence electrons. The van der Waals surface area contributed by atoms with E-state index in [9.17, 15) is 8.42 Å². The average molecular weight is 280 g/mol. The molecule has 3 rings (SSSR count). The van der Waals surface area contributed by atoms with E-state index in [2.05, 4.69) is 20.3 Å². The van der Waals surface area contributed by atoms with Crippen LogP contribution in [-0.2, 0) is 16.3 Å². The van der Waals surface area contributed by atoms with Crippen molar-refractivity contribution in [2.75, 3.05) is 18.1 Å². The molecule has 2 N–H and O–H groups in total. The summed E-state index contributed by atoms with van der Waals surface area (Å²) in [5.74, 6) is 1.18. The van der Waals surface area contributed by atoms with Crippen LogP contribution in [0.5, 0.6) is 0 Å². The predicted octanol–water partition coefficient (Wildman–Crippen LogP) is 0.195. The van der Waals surface area contributed by atoms with E-state index in [1.807, 2.05) is 13.0 Å². The molecule has 2 aromatic rings. The van der Waals surface area contributed by atoms with Gasteiger partial charge in [0.15, 0.2) is 15.5 Å². The van der Waals surface area contributed by atoms with E-state index in [1.165, 1.54) is 0 Å². The normalized spacial score (nSPS) is 22.7. The molecule has 0 spiro atoms. The third-order valence-electron chi connectivity index (χ3n) is 3.26. The molecule has 1 aliphatic rings. The molecule has 2 aromatic heterocycles. The second-order valence-electron chi connectivity index (χ2n) is 5.04. The largest absolute Gasteiger partial charge is 0.341 e. The lowest BCUT2D eigenvalue weighted by Gasteiger charge is -2.22. The Morgan fingerprint density at radius 2 is 2.32 bits per heavy atom. The molecule has 0 aliphatic carbocycles. The monoisotopic (exact) mass is 280 g/mol. The molecular weight excluding hydrogens is 264 g/mol. The first-order chi connectivity index (χ1) is 9.02. The molecular formula is C12H16N4O2S. The molecule has 1 unspecified atom stereocenters. The van der Waals surface area contributed by atoms with Crippen molar-refractivity contribution in [3.8, 4) is 0 Å². The zero-order chi connectivity index (χ0) is 13.5. The van der Waals surface area contributed by atoms with Crippen molar-refractivity contribution in [2.24, 2.45) is 0 Å². The van der Waals surface area contributed by atoms with Crippen LogP contribution in [0.1, 0.15) is 11.4 Å². The molecule has 1 fully saturated rings. The van der Waals surface area contributed by atoms with Crippen molar-refractivity contribution in [1.82, 2.24) is 20.3 Å². The highest BCUT2D eigenvalue weighted by molar-refractivity contribution is 7.91. The Balaban J connectivity index is 1.81. The van der Waals surface area contributed by atoms with E-state index in [0.29, 0.717) is 18.6 Å². The van der Waals surface area contributed by atoms with Crippen LogP contribution in [0, 0.1) is 6.92 Å². The second kappa shape index (κ2) is 4.57. The lowest BCUT2D eigenvalue weighted by molar-refractivity contribution is 0.510. The highest BCUT2D eigenvalue weighted by Crippen LogP contribution is 2.13. The van der Waals surface area contributed by atoms with Crippen molar-refractivity contribution in [3.05, 3.63) is 23.7 Å². The fourth-order valence-electron chi connectivity index (χ4n) is 2.38. The van der Waals surface area contributed by atoms with Gasteiger partial charge in [0.2, 0.25) is 0 Å². The van der Waals surface area contributed by atoms with Gasteiger partial charge in [0.05, 0.1) is 17.0 Å². The van der Waals surface area contributed by atoms with Gasteiger partial charge in [-0.05, 0) is 18.6 Å². The van der Waals surface area contributed by atoms with Gasteiger partial charge in [-0.1, -0.05) is 0 Å². The summed E-state index contributed by atoms with van der Waals surface area (Å²) in [6, 6.07) is 1.92. The van der Waals surface area contributed by atoms with E-state index in [-0.39, 0.29) is 17.5 Å². The molecule has 6 nitrogen and oxygen atoms in total. The minimum Gasteiger partial charge on any atom is -0.341 e. The predicted molar refractivity (Wildman–Crippen MR) is 72.8 cm³/mol. The van der Waals surface area contributed by atoms with Gasteiger partial charge in [0.1, 0.15) is 5.82 Å². The number of nitrogens with one attached hydrogen (secondary N) is 2. The Morgan fingerprint density at radius 1 is 1.47 bits per heavy atom. The summed E-state index contributed by atoms with van der Waals surface area (Å²) in [6.07, 6.45) is 2.35. The number of aromatic nitrogens is 3. The van der Waals surface area contributed by atoms with Crippen molar-refractivity contribution < 1.29 is 8.42 Å². The maximum atomic E-state index is 11.6. The maximum Gasteiger partial charge on any atom is 0.177 e. The van der Waals surface area contributed by atoms with Gasteiger partial charge in [-0.3, -0.25) is 0 Å². The summed E-state index contributed by atoms with van der Waals surface area (Å²) < 4.78 is 23.2. The number of pyridine rings is 1. The summed E-state index contributed by atoms with van der Waals surface area (Å²) in [5, 5.41) is 3.22. The maximum absolute atomic E-state index is 11.6. The Bertz CT molecular complexity index is 708. The van der Waals surface area contributed by atoms with Crippen LogP contribution in [-0.4, -0.2) is 47.5 Å². The first-order valence-electron chi connectivity index (χ1n) is 6.27. The van der Waals surface area contributed by atoms with E-state index in [0.717, 1.165) is 16.9 Å². The van der Waals surface area contributed by atoms with E-state index < -0.39 is 9.84 Å². The summed E-state index contributed by atoms with van der Waals surface area (Å²) in [5.41, 5.74) is 2.65. The lowest BCUT2D eigenvalue weighted by atomic mass is 10.2. The minimum atomic E-state index is -2.91. The van der Waals surface area contributed by atoms with Gasteiger partial charge in [0.25, 0.3) is 0 Å². The number of aryl methyl sites for hydroxylation is 1. The van der Waals surface area contributed by atoms with Crippen molar-refractivity contribution in [2.45, 2.75) is 19.4 Å².